The highest BCUT2D eigenvalue weighted by Crippen LogP contribution is 2.13. The van der Waals surface area contributed by atoms with Gasteiger partial charge < -0.3 is 20.5 Å². The average Bonchev–Trinajstić information content (AvgIpc) is 2.53. The number of halogens is 1. The Labute approximate surface area is 140 Å². The predicted molar refractivity (Wildman–Crippen MR) is 85.8 cm³/mol. The van der Waals surface area contributed by atoms with Gasteiger partial charge >= 0.3 is 11.9 Å². The van der Waals surface area contributed by atoms with E-state index in [0.717, 1.165) is 5.56 Å². The first-order valence-electron chi connectivity index (χ1n) is 6.72. The summed E-state index contributed by atoms with van der Waals surface area (Å²) in [5.74, 6) is -1.79. The third-order valence-electron chi connectivity index (χ3n) is 3.05. The fourth-order valence-corrected chi connectivity index (χ4v) is 1.86. The molecule has 0 aliphatic carbocycles. The Morgan fingerprint density at radius 3 is 2.22 bits per heavy atom. The van der Waals surface area contributed by atoms with Gasteiger partial charge in [-0.25, -0.2) is 4.79 Å². The summed E-state index contributed by atoms with van der Waals surface area (Å²) in [6, 6.07) is 7.52. The van der Waals surface area contributed by atoms with E-state index < -0.39 is 29.9 Å². The summed E-state index contributed by atoms with van der Waals surface area (Å²) in [5, 5.41) is 2.44. The van der Waals surface area contributed by atoms with Crippen LogP contribution in [-0.2, 0) is 23.9 Å². The summed E-state index contributed by atoms with van der Waals surface area (Å²) in [6.07, 6.45) is -0.311. The number of carbonyl (C=O) groups is 3. The first kappa shape index (κ1) is 20.9. The van der Waals surface area contributed by atoms with E-state index in [-0.39, 0.29) is 25.2 Å². The Morgan fingerprint density at radius 2 is 1.70 bits per heavy atom. The molecule has 23 heavy (non-hydrogen) atoms. The molecule has 0 aliphatic rings. The van der Waals surface area contributed by atoms with E-state index in [2.05, 4.69) is 14.8 Å². The second-order valence-corrected chi connectivity index (χ2v) is 4.64. The summed E-state index contributed by atoms with van der Waals surface area (Å²) in [5.41, 5.74) is 6.74. The van der Waals surface area contributed by atoms with E-state index in [4.69, 9.17) is 5.73 Å². The van der Waals surface area contributed by atoms with Crippen molar-refractivity contribution in [3.63, 3.8) is 0 Å². The minimum absolute atomic E-state index is 0. The van der Waals surface area contributed by atoms with Gasteiger partial charge in [-0.1, -0.05) is 30.3 Å². The maximum atomic E-state index is 12.0. The van der Waals surface area contributed by atoms with E-state index in [0.29, 0.717) is 0 Å². The lowest BCUT2D eigenvalue weighted by Gasteiger charge is -2.17. The van der Waals surface area contributed by atoms with Crippen LogP contribution in [0, 0.1) is 0 Å². The number of hydrogen-bond acceptors (Lipinski definition) is 6. The van der Waals surface area contributed by atoms with Gasteiger partial charge in [-0.15, -0.1) is 12.4 Å². The quantitative estimate of drug-likeness (QED) is 0.706. The number of esters is 2. The Bertz CT molecular complexity index is 524. The number of benzene rings is 1. The van der Waals surface area contributed by atoms with Crippen LogP contribution in [0.1, 0.15) is 24.4 Å². The first-order chi connectivity index (χ1) is 10.5. The van der Waals surface area contributed by atoms with Crippen molar-refractivity contribution < 1.29 is 23.9 Å². The highest BCUT2D eigenvalue weighted by atomic mass is 35.5. The average molecular weight is 345 g/mol. The van der Waals surface area contributed by atoms with Crippen molar-refractivity contribution in [3.8, 4) is 0 Å². The molecule has 2 unspecified atom stereocenters. The summed E-state index contributed by atoms with van der Waals surface area (Å²) in [7, 11) is 2.37. The van der Waals surface area contributed by atoms with Crippen molar-refractivity contribution in [2.24, 2.45) is 5.73 Å². The molecular formula is C15H21ClN2O5. The monoisotopic (exact) mass is 344 g/mol. The van der Waals surface area contributed by atoms with Crippen LogP contribution >= 0.6 is 12.4 Å². The molecule has 2 atom stereocenters. The van der Waals surface area contributed by atoms with Crippen LogP contribution in [0.3, 0.4) is 0 Å². The van der Waals surface area contributed by atoms with Crippen molar-refractivity contribution in [1.29, 1.82) is 0 Å². The number of nitrogens with two attached hydrogens (primary N) is 1. The van der Waals surface area contributed by atoms with Gasteiger partial charge in [-0.3, -0.25) is 9.59 Å². The SMILES string of the molecule is COC(=O)CC(NC(=O)CC(N)c1ccccc1)C(=O)OC.Cl. The van der Waals surface area contributed by atoms with Gasteiger partial charge in [-0.2, -0.15) is 0 Å². The van der Waals surface area contributed by atoms with Crippen molar-refractivity contribution >= 4 is 30.3 Å². The molecule has 7 nitrogen and oxygen atoms in total. The van der Waals surface area contributed by atoms with Crippen LogP contribution in [0.2, 0.25) is 0 Å². The van der Waals surface area contributed by atoms with Gasteiger partial charge in [-0.05, 0) is 5.56 Å². The highest BCUT2D eigenvalue weighted by molar-refractivity contribution is 5.88. The number of nitrogens with one attached hydrogen (secondary N) is 1. The molecule has 128 valence electrons. The molecule has 1 aromatic rings. The molecule has 0 bridgehead atoms. The zero-order valence-corrected chi connectivity index (χ0v) is 13.8. The molecule has 3 N–H and O–H groups in total. The molecule has 1 aromatic carbocycles. The summed E-state index contributed by atoms with van der Waals surface area (Å²) < 4.78 is 9.04. The molecule has 0 radical (unpaired) electrons. The minimum Gasteiger partial charge on any atom is -0.469 e. The fourth-order valence-electron chi connectivity index (χ4n) is 1.86. The van der Waals surface area contributed by atoms with Crippen LogP contribution in [0.25, 0.3) is 0 Å². The van der Waals surface area contributed by atoms with Gasteiger partial charge in [0, 0.05) is 12.5 Å². The molecular weight excluding hydrogens is 324 g/mol. The largest absolute Gasteiger partial charge is 0.469 e. The lowest BCUT2D eigenvalue weighted by Crippen LogP contribution is -2.43. The van der Waals surface area contributed by atoms with Crippen molar-refractivity contribution in [2.45, 2.75) is 24.9 Å². The van der Waals surface area contributed by atoms with Gasteiger partial charge in [0.25, 0.3) is 0 Å². The molecule has 0 saturated carbocycles. The molecule has 0 fully saturated rings. The molecule has 0 saturated heterocycles. The third-order valence-corrected chi connectivity index (χ3v) is 3.05. The molecule has 1 rings (SSSR count). The number of amides is 1. The Kier molecular flexibility index (Phi) is 9.60. The summed E-state index contributed by atoms with van der Waals surface area (Å²) in [4.78, 5) is 34.8. The normalized spacial score (nSPS) is 12.3. The third kappa shape index (κ3) is 7.12. The van der Waals surface area contributed by atoms with Crippen molar-refractivity contribution in [1.82, 2.24) is 5.32 Å². The van der Waals surface area contributed by atoms with Crippen molar-refractivity contribution in [3.05, 3.63) is 35.9 Å². The molecule has 1 amide bonds. The van der Waals surface area contributed by atoms with Gasteiger partial charge in [0.05, 0.1) is 20.6 Å². The second-order valence-electron chi connectivity index (χ2n) is 4.64. The number of methoxy groups -OCH3 is 2. The topological polar surface area (TPSA) is 108 Å². The fraction of sp³-hybridized carbons (Fsp3) is 0.400. The Balaban J connectivity index is 0.00000484. The first-order valence-corrected chi connectivity index (χ1v) is 6.72. The van der Waals surface area contributed by atoms with Gasteiger partial charge in [0.2, 0.25) is 5.91 Å². The number of rotatable bonds is 7. The van der Waals surface area contributed by atoms with Crippen LogP contribution < -0.4 is 11.1 Å². The zero-order chi connectivity index (χ0) is 16.5. The molecule has 0 heterocycles. The van der Waals surface area contributed by atoms with Crippen LogP contribution in [-0.4, -0.2) is 38.1 Å². The van der Waals surface area contributed by atoms with E-state index in [9.17, 15) is 14.4 Å². The zero-order valence-electron chi connectivity index (χ0n) is 13.0. The highest BCUT2D eigenvalue weighted by Gasteiger charge is 2.25. The lowest BCUT2D eigenvalue weighted by molar-refractivity contribution is -0.150. The maximum Gasteiger partial charge on any atom is 0.328 e. The van der Waals surface area contributed by atoms with Crippen LogP contribution in [0.5, 0.6) is 0 Å². The van der Waals surface area contributed by atoms with Crippen LogP contribution in [0.4, 0.5) is 0 Å². The van der Waals surface area contributed by atoms with Crippen molar-refractivity contribution in [2.75, 3.05) is 14.2 Å². The predicted octanol–water partition coefficient (Wildman–Crippen LogP) is 0.719. The van der Waals surface area contributed by atoms with E-state index in [1.54, 1.807) is 0 Å². The Hall–Kier alpha value is -2.12. The van der Waals surface area contributed by atoms with Gasteiger partial charge in [0.15, 0.2) is 0 Å². The number of carbonyl (C=O) groups excluding carboxylic acids is 3. The molecule has 0 spiro atoms. The lowest BCUT2D eigenvalue weighted by atomic mass is 10.0. The van der Waals surface area contributed by atoms with E-state index in [1.165, 1.54) is 14.2 Å². The van der Waals surface area contributed by atoms with Crippen LogP contribution in [0.15, 0.2) is 30.3 Å². The number of hydrogen-bond donors (Lipinski definition) is 2. The maximum absolute atomic E-state index is 12.0. The van der Waals surface area contributed by atoms with Gasteiger partial charge in [0.1, 0.15) is 6.04 Å². The summed E-state index contributed by atoms with van der Waals surface area (Å²) >= 11 is 0. The number of ether oxygens (including phenoxy) is 2. The van der Waals surface area contributed by atoms with E-state index >= 15 is 0 Å². The molecule has 0 aromatic heterocycles. The molecule has 8 heteroatoms. The van der Waals surface area contributed by atoms with E-state index in [1.807, 2.05) is 30.3 Å². The second kappa shape index (κ2) is 10.6. The molecule has 0 aliphatic heterocycles. The Morgan fingerprint density at radius 1 is 1.09 bits per heavy atom. The standard InChI is InChI=1S/C15H20N2O5.ClH/c1-21-14(19)9-12(15(20)22-2)17-13(18)8-11(16)10-6-4-3-5-7-10;/h3-7,11-12H,8-9,16H2,1-2H3,(H,17,18);1H. The summed E-state index contributed by atoms with van der Waals surface area (Å²) in [6.45, 7) is 0. The minimum atomic E-state index is -1.09. The smallest absolute Gasteiger partial charge is 0.328 e.